The van der Waals surface area contributed by atoms with Crippen molar-refractivity contribution in [2.75, 3.05) is 14.1 Å². The predicted octanol–water partition coefficient (Wildman–Crippen LogP) is 1.79. The van der Waals surface area contributed by atoms with Crippen molar-refractivity contribution in [3.63, 3.8) is 0 Å². The van der Waals surface area contributed by atoms with Gasteiger partial charge in [-0.3, -0.25) is 14.5 Å². The summed E-state index contributed by atoms with van der Waals surface area (Å²) >= 11 is 0. The number of rotatable bonds is 4. The average Bonchev–Trinajstić information content (AvgIpc) is 2.97. The molecular formula is C19H23NO6. The quantitative estimate of drug-likeness (QED) is 0.595. The largest absolute Gasteiger partial charge is 0.469 e. The number of esters is 3. The lowest BCUT2D eigenvalue weighted by molar-refractivity contribution is -0.156. The van der Waals surface area contributed by atoms with Crippen LogP contribution < -0.4 is 4.74 Å². The van der Waals surface area contributed by atoms with Gasteiger partial charge in [-0.2, -0.15) is 0 Å². The molecule has 26 heavy (non-hydrogen) atoms. The molecule has 0 amide bonds. The molecule has 2 heterocycles. The minimum absolute atomic E-state index is 0.0527. The first-order valence-corrected chi connectivity index (χ1v) is 8.48. The number of nitrogens with zero attached hydrogens (tertiary/aromatic N) is 1. The molecule has 2 saturated heterocycles. The van der Waals surface area contributed by atoms with E-state index in [0.29, 0.717) is 12.8 Å². The number of carbonyl (C=O) groups is 3. The second-order valence-corrected chi connectivity index (χ2v) is 6.52. The number of hydrogen-bond acceptors (Lipinski definition) is 7. The number of piperidine rings is 1. The molecule has 1 aromatic carbocycles. The van der Waals surface area contributed by atoms with Crippen molar-refractivity contribution in [3.05, 3.63) is 29.8 Å². The highest BCUT2D eigenvalue weighted by atomic mass is 16.6. The third-order valence-corrected chi connectivity index (χ3v) is 4.96. The van der Waals surface area contributed by atoms with E-state index < -0.39 is 42.9 Å². The molecule has 4 atom stereocenters. The topological polar surface area (TPSA) is 82.1 Å². The van der Waals surface area contributed by atoms with E-state index in [1.54, 1.807) is 12.1 Å². The number of carbonyl (C=O) groups excluding carboxylic acids is 3. The summed E-state index contributed by atoms with van der Waals surface area (Å²) in [6.45, 7) is -1.13. The fourth-order valence-corrected chi connectivity index (χ4v) is 3.81. The summed E-state index contributed by atoms with van der Waals surface area (Å²) in [7, 11) is 1.22. The van der Waals surface area contributed by atoms with Crippen molar-refractivity contribution in [1.29, 1.82) is 0 Å². The molecule has 2 aliphatic rings. The van der Waals surface area contributed by atoms with Gasteiger partial charge in [-0.15, -0.1) is 0 Å². The summed E-state index contributed by atoms with van der Waals surface area (Å²) < 4.78 is 39.0. The van der Waals surface area contributed by atoms with Gasteiger partial charge in [0.05, 0.1) is 7.11 Å². The van der Waals surface area contributed by atoms with Crippen LogP contribution in [0.25, 0.3) is 0 Å². The fraction of sp³-hybridized carbons (Fsp3) is 0.526. The Morgan fingerprint density at radius 2 is 2.00 bits per heavy atom. The van der Waals surface area contributed by atoms with Crippen LogP contribution in [0.2, 0.25) is 0 Å². The summed E-state index contributed by atoms with van der Waals surface area (Å²) in [6, 6.07) is 5.21. The van der Waals surface area contributed by atoms with Gasteiger partial charge in [0.2, 0.25) is 0 Å². The highest BCUT2D eigenvalue weighted by Crippen LogP contribution is 2.40. The van der Waals surface area contributed by atoms with Crippen LogP contribution in [-0.2, 0) is 19.1 Å². The van der Waals surface area contributed by atoms with Crippen LogP contribution in [0.5, 0.6) is 5.75 Å². The van der Waals surface area contributed by atoms with E-state index in [1.807, 2.05) is 0 Å². The van der Waals surface area contributed by atoms with Gasteiger partial charge in [-0.1, -0.05) is 12.1 Å². The molecule has 2 fully saturated rings. The van der Waals surface area contributed by atoms with Gasteiger partial charge in [0.15, 0.2) is 0 Å². The van der Waals surface area contributed by atoms with Gasteiger partial charge in [0.25, 0.3) is 0 Å². The van der Waals surface area contributed by atoms with Crippen molar-refractivity contribution in [1.82, 2.24) is 4.90 Å². The SMILES string of the molecule is [2H]C([2H])([2H])N1[C@H]2CC[C@@H]1[C@@H](C(=O)OC)[C@@H](OC(=O)c1ccccc1OC(C)=O)C2. The molecule has 0 N–H and O–H groups in total. The van der Waals surface area contributed by atoms with E-state index >= 15 is 0 Å². The van der Waals surface area contributed by atoms with E-state index in [0.717, 1.165) is 0 Å². The lowest BCUT2D eigenvalue weighted by atomic mass is 9.87. The van der Waals surface area contributed by atoms with Crippen LogP contribution in [-0.4, -0.2) is 55.1 Å². The molecule has 1 aromatic rings. The second-order valence-electron chi connectivity index (χ2n) is 6.52. The van der Waals surface area contributed by atoms with Gasteiger partial charge in [-0.05, 0) is 32.0 Å². The number of hydrogen-bond donors (Lipinski definition) is 0. The van der Waals surface area contributed by atoms with E-state index in [-0.39, 0.29) is 23.8 Å². The Balaban J connectivity index is 1.86. The predicted molar refractivity (Wildman–Crippen MR) is 91.7 cm³/mol. The molecule has 7 heteroatoms. The lowest BCUT2D eigenvalue weighted by Crippen LogP contribution is -2.53. The van der Waals surface area contributed by atoms with Gasteiger partial charge in [0, 0.05) is 29.5 Å². The number of para-hydroxylation sites is 1. The average molecular weight is 364 g/mol. The highest BCUT2D eigenvalue weighted by Gasteiger charge is 2.51. The Morgan fingerprint density at radius 1 is 1.23 bits per heavy atom. The van der Waals surface area contributed by atoms with Gasteiger partial charge >= 0.3 is 17.9 Å². The summed E-state index contributed by atoms with van der Waals surface area (Å²) in [6.07, 6.45) is 0.461. The normalized spacial score (nSPS) is 29.8. The molecule has 0 unspecified atom stereocenters. The maximum Gasteiger partial charge on any atom is 0.342 e. The molecule has 0 radical (unpaired) electrons. The van der Waals surface area contributed by atoms with Crippen molar-refractivity contribution < 1.29 is 32.7 Å². The minimum Gasteiger partial charge on any atom is -0.469 e. The highest BCUT2D eigenvalue weighted by molar-refractivity contribution is 5.93. The monoisotopic (exact) mass is 364 g/mol. The molecule has 2 bridgehead atoms. The first-order valence-electron chi connectivity index (χ1n) is 9.98. The Bertz CT molecular complexity index is 811. The fourth-order valence-electron chi connectivity index (χ4n) is 3.81. The molecule has 0 spiro atoms. The van der Waals surface area contributed by atoms with Crippen molar-refractivity contribution in [2.24, 2.45) is 5.92 Å². The Kier molecular flexibility index (Phi) is 4.22. The Hall–Kier alpha value is -2.41. The number of benzene rings is 1. The smallest absolute Gasteiger partial charge is 0.342 e. The summed E-state index contributed by atoms with van der Waals surface area (Å²) in [4.78, 5) is 37.9. The van der Waals surface area contributed by atoms with Crippen molar-refractivity contribution in [2.45, 2.75) is 44.4 Å². The van der Waals surface area contributed by atoms with Gasteiger partial charge < -0.3 is 14.2 Å². The molecule has 0 saturated carbocycles. The van der Waals surface area contributed by atoms with Crippen LogP contribution in [0.4, 0.5) is 0 Å². The van der Waals surface area contributed by atoms with Crippen LogP contribution in [0.3, 0.4) is 0 Å². The zero-order valence-corrected chi connectivity index (χ0v) is 14.6. The van der Waals surface area contributed by atoms with Crippen molar-refractivity contribution in [3.8, 4) is 5.75 Å². The van der Waals surface area contributed by atoms with Crippen LogP contribution in [0.1, 0.15) is 40.7 Å². The zero-order chi connectivity index (χ0) is 21.3. The third-order valence-electron chi connectivity index (χ3n) is 4.96. The first-order chi connectivity index (χ1) is 13.6. The van der Waals surface area contributed by atoms with E-state index in [9.17, 15) is 14.4 Å². The van der Waals surface area contributed by atoms with E-state index in [2.05, 4.69) is 0 Å². The summed E-state index contributed by atoms with van der Waals surface area (Å²) in [5.41, 5.74) is 0.0527. The zero-order valence-electron chi connectivity index (χ0n) is 17.6. The molecule has 3 rings (SSSR count). The first kappa shape index (κ1) is 14.7. The summed E-state index contributed by atoms with van der Waals surface area (Å²) in [5, 5.41) is 0. The third kappa shape index (κ3) is 3.44. The Morgan fingerprint density at radius 3 is 2.69 bits per heavy atom. The molecule has 7 nitrogen and oxygen atoms in total. The number of ether oxygens (including phenoxy) is 3. The molecule has 2 aliphatic heterocycles. The number of fused-ring (bicyclic) bond motifs is 2. The Labute approximate surface area is 156 Å². The van der Waals surface area contributed by atoms with Gasteiger partial charge in [-0.25, -0.2) is 4.79 Å². The maximum absolute atomic E-state index is 12.8. The maximum atomic E-state index is 12.8. The molecular weight excluding hydrogens is 338 g/mol. The minimum atomic E-state index is -2.35. The lowest BCUT2D eigenvalue weighted by Gasteiger charge is -2.40. The van der Waals surface area contributed by atoms with Crippen LogP contribution in [0.15, 0.2) is 24.3 Å². The van der Waals surface area contributed by atoms with Crippen LogP contribution in [0, 0.1) is 5.92 Å². The number of methoxy groups -OCH3 is 1. The second kappa shape index (κ2) is 7.45. The van der Waals surface area contributed by atoms with E-state index in [4.69, 9.17) is 18.3 Å². The van der Waals surface area contributed by atoms with E-state index in [1.165, 1.54) is 31.1 Å². The summed E-state index contributed by atoms with van der Waals surface area (Å²) in [5.74, 6) is -2.80. The van der Waals surface area contributed by atoms with Crippen LogP contribution >= 0.6 is 0 Å². The molecule has 140 valence electrons. The standard InChI is InChI=1S/C19H23NO6/c1-11(21)25-15-7-5-4-6-13(15)18(22)26-16-10-12-8-9-14(20(12)2)17(16)19(23)24-3/h4-7,12,14,16-17H,8-10H2,1-3H3/t12-,14+,16-,17+/m0/s1/i2D3. The molecule has 0 aliphatic carbocycles. The van der Waals surface area contributed by atoms with Gasteiger partial charge in [0.1, 0.15) is 23.3 Å². The van der Waals surface area contributed by atoms with Crippen molar-refractivity contribution >= 4 is 17.9 Å². The molecule has 0 aromatic heterocycles.